The highest BCUT2D eigenvalue weighted by Gasteiger charge is 2.30. The number of thioether (sulfide) groups is 1. The summed E-state index contributed by atoms with van der Waals surface area (Å²) in [5, 5.41) is 3.04. The molecule has 122 valence electrons. The lowest BCUT2D eigenvalue weighted by atomic mass is 9.90. The SMILES string of the molecule is CC(C)(C)SCCNC(=O)N1CCC([C@H]2CCCO2)CC1. The zero-order valence-electron chi connectivity index (χ0n) is 13.7. The van der Waals surface area contributed by atoms with Crippen LogP contribution in [0.5, 0.6) is 0 Å². The Balaban J connectivity index is 1.61. The van der Waals surface area contributed by atoms with E-state index < -0.39 is 0 Å². The van der Waals surface area contributed by atoms with Crippen LogP contribution in [0, 0.1) is 5.92 Å². The Labute approximate surface area is 133 Å². The molecule has 0 bridgehead atoms. The van der Waals surface area contributed by atoms with Crippen molar-refractivity contribution < 1.29 is 9.53 Å². The molecular formula is C16H30N2O2S. The second-order valence-electron chi connectivity index (χ2n) is 7.07. The number of piperidine rings is 1. The fourth-order valence-corrected chi connectivity index (χ4v) is 3.89. The predicted octanol–water partition coefficient (Wildman–Crippen LogP) is 3.12. The van der Waals surface area contributed by atoms with Crippen LogP contribution < -0.4 is 5.32 Å². The lowest BCUT2D eigenvalue weighted by Crippen LogP contribution is -2.46. The van der Waals surface area contributed by atoms with Crippen molar-refractivity contribution in [3.8, 4) is 0 Å². The molecule has 0 radical (unpaired) electrons. The van der Waals surface area contributed by atoms with Crippen molar-refractivity contribution in [1.82, 2.24) is 10.2 Å². The van der Waals surface area contributed by atoms with Crippen LogP contribution in [0.2, 0.25) is 0 Å². The Morgan fingerprint density at radius 1 is 1.29 bits per heavy atom. The molecule has 2 amide bonds. The topological polar surface area (TPSA) is 41.6 Å². The zero-order chi connectivity index (χ0) is 15.3. The molecule has 0 aliphatic carbocycles. The van der Waals surface area contributed by atoms with E-state index in [0.717, 1.165) is 44.8 Å². The third-order valence-corrected chi connectivity index (χ3v) is 5.51. The molecule has 2 rings (SSSR count). The highest BCUT2D eigenvalue weighted by molar-refractivity contribution is 8.00. The summed E-state index contributed by atoms with van der Waals surface area (Å²) in [6.45, 7) is 10.1. The van der Waals surface area contributed by atoms with Gasteiger partial charge in [0.15, 0.2) is 0 Å². The van der Waals surface area contributed by atoms with Gasteiger partial charge in [-0.1, -0.05) is 20.8 Å². The first kappa shape index (κ1) is 16.9. The molecular weight excluding hydrogens is 284 g/mol. The van der Waals surface area contributed by atoms with Gasteiger partial charge in [0.25, 0.3) is 0 Å². The first-order valence-electron chi connectivity index (χ1n) is 8.24. The number of carbonyl (C=O) groups excluding carboxylic acids is 1. The highest BCUT2D eigenvalue weighted by Crippen LogP contribution is 2.28. The first-order valence-corrected chi connectivity index (χ1v) is 9.22. The second-order valence-corrected chi connectivity index (χ2v) is 8.99. The van der Waals surface area contributed by atoms with E-state index >= 15 is 0 Å². The summed E-state index contributed by atoms with van der Waals surface area (Å²) in [4.78, 5) is 14.1. The van der Waals surface area contributed by atoms with Crippen molar-refractivity contribution in [2.24, 2.45) is 5.92 Å². The lowest BCUT2D eigenvalue weighted by Gasteiger charge is -2.34. The van der Waals surface area contributed by atoms with Gasteiger partial charge >= 0.3 is 6.03 Å². The van der Waals surface area contributed by atoms with Gasteiger partial charge in [0, 0.05) is 36.7 Å². The summed E-state index contributed by atoms with van der Waals surface area (Å²) in [5.41, 5.74) is 0. The number of nitrogens with one attached hydrogen (secondary N) is 1. The number of ether oxygens (including phenoxy) is 1. The lowest BCUT2D eigenvalue weighted by molar-refractivity contribution is 0.0373. The summed E-state index contributed by atoms with van der Waals surface area (Å²) in [6, 6.07) is 0.107. The minimum atomic E-state index is 0.107. The quantitative estimate of drug-likeness (QED) is 0.811. The molecule has 0 saturated carbocycles. The molecule has 5 heteroatoms. The van der Waals surface area contributed by atoms with Crippen molar-refractivity contribution in [2.45, 2.75) is 57.3 Å². The summed E-state index contributed by atoms with van der Waals surface area (Å²) in [7, 11) is 0. The molecule has 2 aliphatic rings. The Hall–Kier alpha value is -0.420. The monoisotopic (exact) mass is 314 g/mol. The molecule has 1 N–H and O–H groups in total. The maximum Gasteiger partial charge on any atom is 0.317 e. The van der Waals surface area contributed by atoms with E-state index in [4.69, 9.17) is 4.74 Å². The predicted molar refractivity (Wildman–Crippen MR) is 88.9 cm³/mol. The van der Waals surface area contributed by atoms with E-state index in [1.54, 1.807) is 0 Å². The van der Waals surface area contributed by atoms with E-state index in [0.29, 0.717) is 12.0 Å². The number of carbonyl (C=O) groups is 1. The summed E-state index contributed by atoms with van der Waals surface area (Å²) in [6.07, 6.45) is 5.06. The van der Waals surface area contributed by atoms with Gasteiger partial charge in [-0.25, -0.2) is 4.79 Å². The number of hydrogen-bond acceptors (Lipinski definition) is 3. The number of amides is 2. The van der Waals surface area contributed by atoms with Gasteiger partial charge in [0.05, 0.1) is 6.10 Å². The Morgan fingerprint density at radius 2 is 2.00 bits per heavy atom. The number of hydrogen-bond donors (Lipinski definition) is 1. The summed E-state index contributed by atoms with van der Waals surface area (Å²) in [5.74, 6) is 1.63. The maximum atomic E-state index is 12.1. The van der Waals surface area contributed by atoms with Crippen LogP contribution in [0.25, 0.3) is 0 Å². The van der Waals surface area contributed by atoms with Gasteiger partial charge in [-0.05, 0) is 31.6 Å². The van der Waals surface area contributed by atoms with Crippen LogP contribution in [0.15, 0.2) is 0 Å². The van der Waals surface area contributed by atoms with Crippen molar-refractivity contribution in [1.29, 1.82) is 0 Å². The molecule has 4 nitrogen and oxygen atoms in total. The average molecular weight is 314 g/mol. The van der Waals surface area contributed by atoms with Gasteiger partial charge < -0.3 is 15.0 Å². The number of rotatable bonds is 4. The fraction of sp³-hybridized carbons (Fsp3) is 0.938. The van der Waals surface area contributed by atoms with E-state index in [1.165, 1.54) is 12.8 Å². The smallest absolute Gasteiger partial charge is 0.317 e. The van der Waals surface area contributed by atoms with Crippen LogP contribution in [0.3, 0.4) is 0 Å². The first-order chi connectivity index (χ1) is 9.96. The number of urea groups is 1. The van der Waals surface area contributed by atoms with Crippen LogP contribution in [-0.2, 0) is 4.74 Å². The fourth-order valence-electron chi connectivity index (χ4n) is 3.08. The van der Waals surface area contributed by atoms with Gasteiger partial charge in [0.1, 0.15) is 0 Å². The van der Waals surface area contributed by atoms with Crippen molar-refractivity contribution in [3.05, 3.63) is 0 Å². The third-order valence-electron chi connectivity index (χ3n) is 4.23. The van der Waals surface area contributed by atoms with Gasteiger partial charge in [0.2, 0.25) is 0 Å². The van der Waals surface area contributed by atoms with E-state index in [1.807, 2.05) is 16.7 Å². The molecule has 2 fully saturated rings. The van der Waals surface area contributed by atoms with Crippen LogP contribution in [0.4, 0.5) is 4.79 Å². The van der Waals surface area contributed by atoms with E-state index in [2.05, 4.69) is 26.1 Å². The Morgan fingerprint density at radius 3 is 2.57 bits per heavy atom. The van der Waals surface area contributed by atoms with Gasteiger partial charge in [-0.3, -0.25) is 0 Å². The zero-order valence-corrected chi connectivity index (χ0v) is 14.5. The van der Waals surface area contributed by atoms with E-state index in [-0.39, 0.29) is 10.8 Å². The minimum absolute atomic E-state index is 0.107. The Kier molecular flexibility index (Phi) is 6.23. The summed E-state index contributed by atoms with van der Waals surface area (Å²) >= 11 is 1.89. The average Bonchev–Trinajstić information content (AvgIpc) is 2.96. The molecule has 0 aromatic carbocycles. The van der Waals surface area contributed by atoms with E-state index in [9.17, 15) is 4.79 Å². The molecule has 0 spiro atoms. The molecule has 1 atom stereocenters. The molecule has 0 aromatic rings. The maximum absolute atomic E-state index is 12.1. The second kappa shape index (κ2) is 7.73. The van der Waals surface area contributed by atoms with Crippen LogP contribution in [0.1, 0.15) is 46.5 Å². The van der Waals surface area contributed by atoms with Crippen molar-refractivity contribution in [2.75, 3.05) is 32.0 Å². The molecule has 2 heterocycles. The molecule has 0 aromatic heterocycles. The number of nitrogens with zero attached hydrogens (tertiary/aromatic N) is 1. The largest absolute Gasteiger partial charge is 0.378 e. The molecule has 0 unspecified atom stereocenters. The molecule has 2 aliphatic heterocycles. The van der Waals surface area contributed by atoms with Gasteiger partial charge in [-0.2, -0.15) is 11.8 Å². The summed E-state index contributed by atoms with van der Waals surface area (Å²) < 4.78 is 6.05. The van der Waals surface area contributed by atoms with Gasteiger partial charge in [-0.15, -0.1) is 0 Å². The van der Waals surface area contributed by atoms with Crippen LogP contribution in [-0.4, -0.2) is 53.8 Å². The minimum Gasteiger partial charge on any atom is -0.378 e. The van der Waals surface area contributed by atoms with Crippen LogP contribution >= 0.6 is 11.8 Å². The standard InChI is InChI=1S/C16H30N2O2S/c1-16(2,3)21-12-8-17-15(19)18-9-6-13(7-10-18)14-5-4-11-20-14/h13-14H,4-12H2,1-3H3,(H,17,19)/t14-/m1/s1. The van der Waals surface area contributed by atoms with Crippen molar-refractivity contribution in [3.63, 3.8) is 0 Å². The molecule has 2 saturated heterocycles. The molecule has 21 heavy (non-hydrogen) atoms. The highest BCUT2D eigenvalue weighted by atomic mass is 32.2. The Bertz CT molecular complexity index is 330. The normalized spacial score (nSPS) is 24.3. The number of likely N-dealkylation sites (tertiary alicyclic amines) is 1. The van der Waals surface area contributed by atoms with Crippen molar-refractivity contribution >= 4 is 17.8 Å². The third kappa shape index (κ3) is 5.70.